The van der Waals surface area contributed by atoms with Crippen molar-refractivity contribution in [2.24, 2.45) is 5.92 Å². The van der Waals surface area contributed by atoms with Crippen LogP contribution in [0.4, 0.5) is 8.78 Å². The maximum absolute atomic E-state index is 13.4. The average molecular weight is 656 g/mol. The Morgan fingerprint density at radius 2 is 2.05 bits per heavy atom. The quantitative estimate of drug-likeness (QED) is 0.131. The van der Waals surface area contributed by atoms with E-state index in [-0.39, 0.29) is 42.0 Å². The Balaban J connectivity index is 1.50. The molecule has 4 rings (SSSR count). The Bertz CT molecular complexity index is 1540. The van der Waals surface area contributed by atoms with E-state index in [0.717, 1.165) is 0 Å². The molecule has 1 saturated carbocycles. The van der Waals surface area contributed by atoms with Crippen LogP contribution in [-0.2, 0) is 39.6 Å². The van der Waals surface area contributed by atoms with Crippen molar-refractivity contribution in [3.63, 3.8) is 0 Å². The van der Waals surface area contributed by atoms with Gasteiger partial charge in [0.25, 0.3) is 0 Å². The molecule has 2 fully saturated rings. The van der Waals surface area contributed by atoms with Crippen LogP contribution in [0.15, 0.2) is 12.3 Å². The van der Waals surface area contributed by atoms with Crippen LogP contribution >= 0.6 is 19.2 Å². The summed E-state index contributed by atoms with van der Waals surface area (Å²) < 4.78 is 80.6. The Labute approximate surface area is 244 Å². The molecular formula is C24H29ClF2N3O10PS. The van der Waals surface area contributed by atoms with Crippen molar-refractivity contribution in [3.05, 3.63) is 28.5 Å². The molecule has 3 N–H and O–H groups in total. The van der Waals surface area contributed by atoms with Crippen LogP contribution in [0.25, 0.3) is 11.0 Å². The number of alkyl halides is 2. The SMILES string of the molecule is CCCC(=O)OCOP(=O)(O)CS(=O)(=O)C[C@H]1O[C@@H](n2ccc3c(CC4CC(F)(F)C4)c(C#N)c(Cl)nc32)[C@H](O)[C@@H]1O. The molecule has 0 amide bonds. The number of aliphatic hydroxyl groups excluding tert-OH is 2. The summed E-state index contributed by atoms with van der Waals surface area (Å²) in [6.07, 6.45) is -5.01. The number of carbonyl (C=O) groups is 1. The standard InChI is InChI=1S/C24H29ClF2N3O10PS/c1-2-3-18(31)38-11-39-41(34,35)12-42(36,37)10-17-19(32)20(33)23(40-17)30-5-4-14-15(6-13-7-24(26,27)8-13)16(9-28)21(25)29-22(14)30/h4-5,13,17,19-20,23,32-33H,2-3,6-8,10-12H2,1H3,(H,34,35)/t17-,19-,20-,23-/m1/s1. The maximum Gasteiger partial charge on any atom is 0.346 e. The van der Waals surface area contributed by atoms with Crippen LogP contribution in [0.3, 0.4) is 0 Å². The van der Waals surface area contributed by atoms with Gasteiger partial charge >= 0.3 is 13.6 Å². The van der Waals surface area contributed by atoms with Crippen molar-refractivity contribution in [1.29, 1.82) is 5.26 Å². The third-order valence-corrected chi connectivity index (χ3v) is 11.5. The minimum absolute atomic E-state index is 0.0183. The predicted molar refractivity (Wildman–Crippen MR) is 142 cm³/mol. The molecule has 0 radical (unpaired) electrons. The number of sulfone groups is 1. The van der Waals surface area contributed by atoms with Crippen molar-refractivity contribution in [2.45, 2.75) is 69.5 Å². The summed E-state index contributed by atoms with van der Waals surface area (Å²) in [5.41, 5.74) is -0.864. The van der Waals surface area contributed by atoms with Crippen molar-refractivity contribution in [2.75, 3.05) is 18.0 Å². The van der Waals surface area contributed by atoms with E-state index < -0.39 is 77.8 Å². The van der Waals surface area contributed by atoms with Crippen LogP contribution in [0.2, 0.25) is 5.15 Å². The fourth-order valence-electron chi connectivity index (χ4n) is 5.09. The van der Waals surface area contributed by atoms with Gasteiger partial charge in [0.2, 0.25) is 12.7 Å². The summed E-state index contributed by atoms with van der Waals surface area (Å²) >= 11 is 6.24. The first kappa shape index (κ1) is 32.7. The van der Waals surface area contributed by atoms with Crippen LogP contribution in [0.5, 0.6) is 0 Å². The average Bonchev–Trinajstić information content (AvgIpc) is 3.38. The second-order valence-corrected chi connectivity index (χ2v) is 15.1. The third kappa shape index (κ3) is 7.28. The number of esters is 1. The molecule has 1 unspecified atom stereocenters. The van der Waals surface area contributed by atoms with E-state index in [2.05, 4.69) is 14.2 Å². The van der Waals surface area contributed by atoms with Gasteiger partial charge in [-0.2, -0.15) is 5.26 Å². The summed E-state index contributed by atoms with van der Waals surface area (Å²) in [5, 5.41) is 31.1. The Morgan fingerprint density at radius 1 is 1.36 bits per heavy atom. The highest BCUT2D eigenvalue weighted by Gasteiger charge is 2.48. The van der Waals surface area contributed by atoms with Gasteiger partial charge in [0.1, 0.15) is 35.2 Å². The molecule has 13 nitrogen and oxygen atoms in total. The fourth-order valence-corrected chi connectivity index (χ4v) is 9.02. The first-order valence-corrected chi connectivity index (χ1v) is 16.8. The van der Waals surface area contributed by atoms with Gasteiger partial charge in [-0.15, -0.1) is 0 Å². The van der Waals surface area contributed by atoms with Crippen LogP contribution in [0.1, 0.15) is 50.0 Å². The molecule has 42 heavy (non-hydrogen) atoms. The molecule has 1 saturated heterocycles. The number of nitriles is 1. The first-order chi connectivity index (χ1) is 19.6. The lowest BCUT2D eigenvalue weighted by molar-refractivity contribution is -0.150. The molecule has 1 aliphatic heterocycles. The van der Waals surface area contributed by atoms with E-state index in [1.165, 1.54) is 16.8 Å². The number of hydrogen-bond donors (Lipinski definition) is 3. The van der Waals surface area contributed by atoms with Gasteiger partial charge in [-0.25, -0.2) is 22.2 Å². The number of carbonyl (C=O) groups excluding carboxylic acids is 1. The van der Waals surface area contributed by atoms with Crippen molar-refractivity contribution in [1.82, 2.24) is 9.55 Å². The Morgan fingerprint density at radius 3 is 2.67 bits per heavy atom. The van der Waals surface area contributed by atoms with Gasteiger partial charge in [-0.3, -0.25) is 13.9 Å². The van der Waals surface area contributed by atoms with Crippen molar-refractivity contribution in [3.8, 4) is 6.07 Å². The minimum Gasteiger partial charge on any atom is -0.438 e. The zero-order valence-corrected chi connectivity index (χ0v) is 24.7. The number of halogens is 3. The molecular weight excluding hydrogens is 627 g/mol. The number of hydrogen-bond acceptors (Lipinski definition) is 11. The maximum atomic E-state index is 13.4. The monoisotopic (exact) mass is 655 g/mol. The number of pyridine rings is 1. The molecule has 1 aliphatic carbocycles. The molecule has 3 heterocycles. The summed E-state index contributed by atoms with van der Waals surface area (Å²) in [5.74, 6) is -4.84. The largest absolute Gasteiger partial charge is 0.438 e. The molecule has 0 bridgehead atoms. The van der Waals surface area contributed by atoms with Gasteiger partial charge in [0.05, 0.1) is 11.3 Å². The van der Waals surface area contributed by atoms with Gasteiger partial charge in [-0.1, -0.05) is 18.5 Å². The summed E-state index contributed by atoms with van der Waals surface area (Å²) in [4.78, 5) is 25.5. The highest BCUT2D eigenvalue weighted by molar-refractivity contribution is 7.97. The molecule has 232 valence electrons. The fraction of sp³-hybridized carbons (Fsp3) is 0.625. The first-order valence-electron chi connectivity index (χ1n) is 12.9. The van der Waals surface area contributed by atoms with E-state index in [1.54, 1.807) is 6.92 Å². The third-order valence-electron chi connectivity index (χ3n) is 7.02. The van der Waals surface area contributed by atoms with Gasteiger partial charge in [-0.05, 0) is 30.4 Å². The van der Waals surface area contributed by atoms with Crippen LogP contribution < -0.4 is 0 Å². The van der Waals surface area contributed by atoms with Gasteiger partial charge in [0, 0.05) is 30.8 Å². The topological polar surface area (TPSA) is 198 Å². The molecule has 0 spiro atoms. The summed E-state index contributed by atoms with van der Waals surface area (Å²) in [6, 6.07) is 3.46. The van der Waals surface area contributed by atoms with Crippen LogP contribution in [-0.4, -0.2) is 81.3 Å². The minimum atomic E-state index is -4.78. The number of aliphatic hydroxyl groups is 2. The Hall–Kier alpha value is -2.22. The lowest BCUT2D eigenvalue weighted by Gasteiger charge is -2.35. The number of fused-ring (bicyclic) bond motifs is 1. The molecule has 2 aromatic heterocycles. The van der Waals surface area contributed by atoms with Crippen molar-refractivity contribution >= 4 is 46.0 Å². The van der Waals surface area contributed by atoms with Gasteiger partial charge in [0.15, 0.2) is 21.6 Å². The van der Waals surface area contributed by atoms with Crippen molar-refractivity contribution < 1.29 is 55.7 Å². The van der Waals surface area contributed by atoms with E-state index in [9.17, 15) is 46.9 Å². The van der Waals surface area contributed by atoms with Gasteiger partial charge < -0.3 is 29.1 Å². The lowest BCUT2D eigenvalue weighted by atomic mass is 9.76. The molecule has 0 aromatic carbocycles. The molecule has 2 aromatic rings. The van der Waals surface area contributed by atoms with E-state index in [0.29, 0.717) is 17.4 Å². The second kappa shape index (κ2) is 12.4. The predicted octanol–water partition coefficient (Wildman–Crippen LogP) is 2.64. The highest BCUT2D eigenvalue weighted by Crippen LogP contribution is 2.46. The van der Waals surface area contributed by atoms with E-state index in [4.69, 9.17) is 16.3 Å². The summed E-state index contributed by atoms with van der Waals surface area (Å²) in [7, 11) is -9.22. The lowest BCUT2D eigenvalue weighted by Crippen LogP contribution is -2.36. The number of aromatic nitrogens is 2. The normalized spacial score (nSPS) is 25.6. The zero-order chi connectivity index (χ0) is 31.0. The zero-order valence-electron chi connectivity index (χ0n) is 22.2. The molecule has 18 heteroatoms. The number of nitrogens with zero attached hydrogens (tertiary/aromatic N) is 3. The van der Waals surface area contributed by atoms with E-state index >= 15 is 0 Å². The highest BCUT2D eigenvalue weighted by atomic mass is 35.5. The number of rotatable bonds is 12. The summed E-state index contributed by atoms with van der Waals surface area (Å²) in [6.45, 7) is 0.779. The molecule has 2 aliphatic rings. The second-order valence-electron chi connectivity index (χ2n) is 10.4. The number of ether oxygens (including phenoxy) is 2. The Kier molecular flexibility index (Phi) is 9.66. The molecule has 5 atom stereocenters. The smallest absolute Gasteiger partial charge is 0.346 e. The van der Waals surface area contributed by atoms with Crippen LogP contribution in [0, 0.1) is 17.2 Å². The van der Waals surface area contributed by atoms with E-state index in [1.807, 2.05) is 6.07 Å².